The van der Waals surface area contributed by atoms with Crippen molar-refractivity contribution in [3.8, 4) is 5.75 Å². The lowest BCUT2D eigenvalue weighted by Gasteiger charge is -2.04. The van der Waals surface area contributed by atoms with E-state index in [9.17, 15) is 0 Å². The summed E-state index contributed by atoms with van der Waals surface area (Å²) in [5.74, 6) is 0.719. The van der Waals surface area contributed by atoms with E-state index in [0.717, 1.165) is 20.2 Å². The van der Waals surface area contributed by atoms with Crippen molar-refractivity contribution in [2.45, 2.75) is 6.92 Å². The molecule has 0 aliphatic rings. The lowest BCUT2D eigenvalue weighted by Crippen LogP contribution is -1.91. The predicted molar refractivity (Wildman–Crippen MR) is 63.0 cm³/mol. The molecule has 0 unspecified atom stereocenters. The van der Waals surface area contributed by atoms with E-state index < -0.39 is 0 Å². The summed E-state index contributed by atoms with van der Waals surface area (Å²) >= 11 is 13.4. The fourth-order valence-electron chi connectivity index (χ4n) is 1.27. The van der Waals surface area contributed by atoms with Gasteiger partial charge >= 0.3 is 0 Å². The van der Waals surface area contributed by atoms with Crippen molar-refractivity contribution < 1.29 is 4.74 Å². The first-order valence-electron chi connectivity index (χ1n) is 4.22. The molecular weight excluding hydrogens is 239 g/mol. The highest BCUT2D eigenvalue weighted by Crippen LogP contribution is 2.36. The van der Waals surface area contributed by atoms with Crippen LogP contribution in [0.4, 0.5) is 0 Å². The number of fused-ring (bicyclic) bond motifs is 1. The van der Waals surface area contributed by atoms with Gasteiger partial charge in [0.2, 0.25) is 0 Å². The highest BCUT2D eigenvalue weighted by Gasteiger charge is 2.06. The monoisotopic (exact) mass is 246 g/mol. The van der Waals surface area contributed by atoms with Crippen LogP contribution in [0.5, 0.6) is 5.75 Å². The van der Waals surface area contributed by atoms with Crippen LogP contribution in [-0.4, -0.2) is 6.61 Å². The van der Waals surface area contributed by atoms with E-state index in [-0.39, 0.29) is 0 Å². The van der Waals surface area contributed by atoms with Crippen LogP contribution in [-0.2, 0) is 0 Å². The van der Waals surface area contributed by atoms with Crippen molar-refractivity contribution in [1.29, 1.82) is 0 Å². The van der Waals surface area contributed by atoms with E-state index in [1.165, 1.54) is 11.3 Å². The minimum atomic E-state index is 0.614. The molecule has 0 saturated heterocycles. The van der Waals surface area contributed by atoms with Gasteiger partial charge < -0.3 is 4.74 Å². The van der Waals surface area contributed by atoms with Gasteiger partial charge in [-0.15, -0.1) is 11.3 Å². The summed E-state index contributed by atoms with van der Waals surface area (Å²) in [6.45, 7) is 2.55. The van der Waals surface area contributed by atoms with E-state index >= 15 is 0 Å². The number of rotatable bonds is 2. The molecule has 1 aromatic carbocycles. The largest absolute Gasteiger partial charge is 0.492 e. The Balaban J connectivity index is 2.58. The first kappa shape index (κ1) is 10.1. The summed E-state index contributed by atoms with van der Waals surface area (Å²) in [6.07, 6.45) is 0. The van der Waals surface area contributed by atoms with Crippen LogP contribution in [0.15, 0.2) is 18.2 Å². The molecule has 1 nitrogen and oxygen atoms in total. The second-order valence-electron chi connectivity index (χ2n) is 2.80. The maximum absolute atomic E-state index is 6.03. The molecule has 2 rings (SSSR count). The van der Waals surface area contributed by atoms with Gasteiger partial charge in [-0.05, 0) is 30.5 Å². The molecule has 4 heteroatoms. The minimum Gasteiger partial charge on any atom is -0.492 e. The zero-order chi connectivity index (χ0) is 10.1. The van der Waals surface area contributed by atoms with Gasteiger partial charge in [-0.1, -0.05) is 23.2 Å². The molecule has 2 aromatic rings. The van der Waals surface area contributed by atoms with Crippen LogP contribution in [0.25, 0.3) is 10.1 Å². The maximum atomic E-state index is 6.03. The van der Waals surface area contributed by atoms with Crippen LogP contribution in [0.1, 0.15) is 6.92 Å². The van der Waals surface area contributed by atoms with Crippen LogP contribution in [0.3, 0.4) is 0 Å². The van der Waals surface area contributed by atoms with Crippen LogP contribution >= 0.6 is 34.5 Å². The first-order chi connectivity index (χ1) is 6.70. The number of ether oxygens (including phenoxy) is 1. The maximum Gasteiger partial charge on any atom is 0.138 e. The third kappa shape index (κ3) is 1.83. The lowest BCUT2D eigenvalue weighted by atomic mass is 10.2. The molecule has 74 valence electrons. The van der Waals surface area contributed by atoms with Crippen molar-refractivity contribution in [3.63, 3.8) is 0 Å². The molecule has 1 heterocycles. The number of hydrogen-bond acceptors (Lipinski definition) is 2. The van der Waals surface area contributed by atoms with Gasteiger partial charge in [0.25, 0.3) is 0 Å². The Kier molecular flexibility index (Phi) is 2.86. The molecular formula is C10H8Cl2OS. The molecule has 0 aliphatic heterocycles. The molecule has 0 saturated carbocycles. The highest BCUT2D eigenvalue weighted by molar-refractivity contribution is 7.22. The second kappa shape index (κ2) is 3.97. The van der Waals surface area contributed by atoms with E-state index in [1.54, 1.807) is 0 Å². The molecule has 0 spiro atoms. The van der Waals surface area contributed by atoms with E-state index in [4.69, 9.17) is 27.9 Å². The second-order valence-corrected chi connectivity index (χ2v) is 4.93. The van der Waals surface area contributed by atoms with Crippen LogP contribution in [0.2, 0.25) is 9.36 Å². The molecule has 0 atom stereocenters. The van der Waals surface area contributed by atoms with Crippen molar-refractivity contribution in [2.24, 2.45) is 0 Å². The Labute approximate surface area is 96.2 Å². The van der Waals surface area contributed by atoms with Crippen LogP contribution < -0.4 is 4.74 Å². The average molecular weight is 247 g/mol. The first-order valence-corrected chi connectivity index (χ1v) is 5.79. The SMILES string of the molecule is CCOc1cc2cc(Cl)sc2cc1Cl. The minimum absolute atomic E-state index is 0.614. The average Bonchev–Trinajstić information content (AvgIpc) is 2.45. The van der Waals surface area contributed by atoms with Crippen molar-refractivity contribution in [3.05, 3.63) is 27.6 Å². The molecule has 0 aliphatic carbocycles. The number of hydrogen-bond donors (Lipinski definition) is 0. The van der Waals surface area contributed by atoms with Gasteiger partial charge in [-0.2, -0.15) is 0 Å². The van der Waals surface area contributed by atoms with Gasteiger partial charge in [-0.25, -0.2) is 0 Å². The summed E-state index contributed by atoms with van der Waals surface area (Å²) in [5.41, 5.74) is 0. The van der Waals surface area contributed by atoms with Gasteiger partial charge in [0.15, 0.2) is 0 Å². The quantitative estimate of drug-likeness (QED) is 0.753. The zero-order valence-electron chi connectivity index (χ0n) is 7.51. The summed E-state index contributed by atoms with van der Waals surface area (Å²) in [5, 5.41) is 1.71. The number of halogens is 2. The third-order valence-corrected chi connectivity index (χ3v) is 3.36. The lowest BCUT2D eigenvalue weighted by molar-refractivity contribution is 0.341. The van der Waals surface area contributed by atoms with Gasteiger partial charge in [0, 0.05) is 4.70 Å². The molecule has 0 radical (unpaired) electrons. The molecule has 1 aromatic heterocycles. The summed E-state index contributed by atoms with van der Waals surface area (Å²) < 4.78 is 7.24. The fraction of sp³-hybridized carbons (Fsp3) is 0.200. The fourth-order valence-corrected chi connectivity index (χ4v) is 2.73. The standard InChI is InChI=1S/C10H8Cl2OS/c1-2-13-8-3-6-4-10(12)14-9(6)5-7(8)11/h3-5H,2H2,1H3. The van der Waals surface area contributed by atoms with Crippen molar-refractivity contribution in [1.82, 2.24) is 0 Å². The molecule has 14 heavy (non-hydrogen) atoms. The van der Waals surface area contributed by atoms with E-state index in [2.05, 4.69) is 0 Å². The summed E-state index contributed by atoms with van der Waals surface area (Å²) in [6, 6.07) is 5.72. The summed E-state index contributed by atoms with van der Waals surface area (Å²) in [7, 11) is 0. The Bertz CT molecular complexity index is 464. The summed E-state index contributed by atoms with van der Waals surface area (Å²) in [4.78, 5) is 0. The van der Waals surface area contributed by atoms with Gasteiger partial charge in [-0.3, -0.25) is 0 Å². The Morgan fingerprint density at radius 2 is 2.07 bits per heavy atom. The Hall–Kier alpha value is -0.440. The van der Waals surface area contributed by atoms with Crippen LogP contribution in [0, 0.1) is 0 Å². The molecule has 0 amide bonds. The Morgan fingerprint density at radius 1 is 1.29 bits per heavy atom. The molecule has 0 N–H and O–H groups in total. The molecule has 0 bridgehead atoms. The number of benzene rings is 1. The number of thiophene rings is 1. The third-order valence-electron chi connectivity index (χ3n) is 1.84. The Morgan fingerprint density at radius 3 is 2.79 bits per heavy atom. The highest BCUT2D eigenvalue weighted by atomic mass is 35.5. The van der Waals surface area contributed by atoms with Gasteiger partial charge in [0.1, 0.15) is 5.75 Å². The molecule has 0 fully saturated rings. The predicted octanol–water partition coefficient (Wildman–Crippen LogP) is 4.61. The van der Waals surface area contributed by atoms with E-state index in [0.29, 0.717) is 11.6 Å². The van der Waals surface area contributed by atoms with Crippen molar-refractivity contribution in [2.75, 3.05) is 6.61 Å². The van der Waals surface area contributed by atoms with Gasteiger partial charge in [0.05, 0.1) is 16.0 Å². The smallest absolute Gasteiger partial charge is 0.138 e. The van der Waals surface area contributed by atoms with Crippen molar-refractivity contribution >= 4 is 44.6 Å². The normalized spacial score (nSPS) is 10.8. The topological polar surface area (TPSA) is 9.23 Å². The zero-order valence-corrected chi connectivity index (χ0v) is 9.84. The van der Waals surface area contributed by atoms with E-state index in [1.807, 2.05) is 25.1 Å².